The van der Waals surface area contributed by atoms with Crippen LogP contribution in [-0.2, 0) is 18.3 Å². The van der Waals surface area contributed by atoms with E-state index in [1.54, 1.807) is 12.4 Å². The van der Waals surface area contributed by atoms with Crippen molar-refractivity contribution in [1.29, 1.82) is 0 Å². The highest BCUT2D eigenvalue weighted by molar-refractivity contribution is 5.44. The number of hydrogen-bond donors (Lipinski definition) is 1. The van der Waals surface area contributed by atoms with E-state index in [1.165, 1.54) is 0 Å². The Morgan fingerprint density at radius 2 is 1.90 bits per heavy atom. The second-order valence-electron chi connectivity index (χ2n) is 5.51. The maximum absolute atomic E-state index is 9.81. The monoisotopic (exact) mass is 276 g/mol. The van der Waals surface area contributed by atoms with Gasteiger partial charge in [-0.05, 0) is 12.8 Å². The van der Waals surface area contributed by atoms with Crippen molar-refractivity contribution in [3.63, 3.8) is 0 Å². The van der Waals surface area contributed by atoms with E-state index in [-0.39, 0.29) is 12.0 Å². The van der Waals surface area contributed by atoms with Crippen LogP contribution in [0.25, 0.3) is 11.6 Å². The number of aromatic nitrogens is 4. The van der Waals surface area contributed by atoms with Crippen LogP contribution >= 0.6 is 0 Å². The van der Waals surface area contributed by atoms with Crippen molar-refractivity contribution in [2.45, 2.75) is 19.4 Å². The molecular formula is C14H20N4O2. The zero-order chi connectivity index (χ0) is 14.0. The summed E-state index contributed by atoms with van der Waals surface area (Å²) < 4.78 is 9.45. The molecule has 0 atom stereocenters. The first kappa shape index (κ1) is 13.3. The first-order valence-corrected chi connectivity index (χ1v) is 6.92. The molecule has 1 saturated heterocycles. The van der Waals surface area contributed by atoms with Crippen molar-refractivity contribution >= 4 is 0 Å². The third-order valence-electron chi connectivity index (χ3n) is 4.13. The summed E-state index contributed by atoms with van der Waals surface area (Å²) in [5, 5.41) is 9.81. The lowest BCUT2D eigenvalue weighted by molar-refractivity contribution is -0.0251. The third kappa shape index (κ3) is 2.36. The summed E-state index contributed by atoms with van der Waals surface area (Å²) in [7, 11) is 1.96. The van der Waals surface area contributed by atoms with Crippen molar-refractivity contribution < 1.29 is 9.84 Å². The van der Waals surface area contributed by atoms with Crippen LogP contribution in [0, 0.1) is 5.41 Å². The van der Waals surface area contributed by atoms with Gasteiger partial charge in [0.25, 0.3) is 0 Å². The number of imidazole rings is 2. The summed E-state index contributed by atoms with van der Waals surface area (Å²) >= 11 is 0. The molecule has 108 valence electrons. The first-order valence-electron chi connectivity index (χ1n) is 6.92. The van der Waals surface area contributed by atoms with Gasteiger partial charge in [0.05, 0.1) is 6.61 Å². The van der Waals surface area contributed by atoms with Gasteiger partial charge in [-0.1, -0.05) is 0 Å². The number of aliphatic hydroxyl groups excluding tert-OH is 1. The van der Waals surface area contributed by atoms with Gasteiger partial charge >= 0.3 is 0 Å². The molecule has 0 spiro atoms. The molecule has 3 rings (SSSR count). The Hall–Kier alpha value is -1.66. The van der Waals surface area contributed by atoms with Crippen LogP contribution in [0.3, 0.4) is 0 Å². The molecular weight excluding hydrogens is 256 g/mol. The summed E-state index contributed by atoms with van der Waals surface area (Å²) in [6, 6.07) is 0. The second-order valence-corrected chi connectivity index (χ2v) is 5.51. The Morgan fingerprint density at radius 3 is 2.55 bits per heavy atom. The normalized spacial score (nSPS) is 18.3. The molecule has 0 amide bonds. The van der Waals surface area contributed by atoms with Gasteiger partial charge in [0.15, 0.2) is 11.6 Å². The lowest BCUT2D eigenvalue weighted by Gasteiger charge is -2.36. The molecule has 1 N–H and O–H groups in total. The Labute approximate surface area is 118 Å². The highest BCUT2D eigenvalue weighted by Crippen LogP contribution is 2.33. The smallest absolute Gasteiger partial charge is 0.176 e. The summed E-state index contributed by atoms with van der Waals surface area (Å²) in [6.07, 6.45) is 9.17. The maximum Gasteiger partial charge on any atom is 0.176 e. The minimum Gasteiger partial charge on any atom is -0.396 e. The SMILES string of the molecule is Cn1ccnc1-c1nccn1CC1(CO)CCOCC1. The average Bonchev–Trinajstić information content (AvgIpc) is 3.08. The van der Waals surface area contributed by atoms with E-state index in [1.807, 2.05) is 24.0 Å². The largest absolute Gasteiger partial charge is 0.396 e. The van der Waals surface area contributed by atoms with Crippen molar-refractivity contribution in [3.05, 3.63) is 24.8 Å². The van der Waals surface area contributed by atoms with Crippen LogP contribution in [0.15, 0.2) is 24.8 Å². The molecule has 6 nitrogen and oxygen atoms in total. The van der Waals surface area contributed by atoms with Crippen LogP contribution in [0.5, 0.6) is 0 Å². The van der Waals surface area contributed by atoms with Crippen molar-refractivity contribution in [2.24, 2.45) is 12.5 Å². The maximum atomic E-state index is 9.81. The third-order valence-corrected chi connectivity index (χ3v) is 4.13. The van der Waals surface area contributed by atoms with Gasteiger partial charge in [0, 0.05) is 57.0 Å². The molecule has 0 aliphatic carbocycles. The fraction of sp³-hybridized carbons (Fsp3) is 0.571. The van der Waals surface area contributed by atoms with Gasteiger partial charge < -0.3 is 19.0 Å². The number of ether oxygens (including phenoxy) is 1. The van der Waals surface area contributed by atoms with Crippen molar-refractivity contribution in [3.8, 4) is 11.6 Å². The number of aliphatic hydroxyl groups is 1. The zero-order valence-corrected chi connectivity index (χ0v) is 11.7. The predicted molar refractivity (Wildman–Crippen MR) is 74.0 cm³/mol. The summed E-state index contributed by atoms with van der Waals surface area (Å²) in [4.78, 5) is 8.77. The molecule has 2 aromatic rings. The van der Waals surface area contributed by atoms with Crippen molar-refractivity contribution in [1.82, 2.24) is 19.1 Å². The minimum atomic E-state index is -0.112. The second kappa shape index (κ2) is 5.38. The summed E-state index contributed by atoms with van der Waals surface area (Å²) in [6.45, 7) is 2.35. The summed E-state index contributed by atoms with van der Waals surface area (Å²) in [5.74, 6) is 1.69. The lowest BCUT2D eigenvalue weighted by atomic mass is 9.81. The van der Waals surface area contributed by atoms with Gasteiger partial charge in [0.2, 0.25) is 0 Å². The number of aryl methyl sites for hydroxylation is 1. The molecule has 1 fully saturated rings. The molecule has 1 aliphatic rings. The highest BCUT2D eigenvalue weighted by atomic mass is 16.5. The molecule has 0 radical (unpaired) electrons. The van der Waals surface area contributed by atoms with Crippen LogP contribution in [-0.4, -0.2) is 44.0 Å². The Balaban J connectivity index is 1.88. The van der Waals surface area contributed by atoms with E-state index in [0.717, 1.165) is 31.0 Å². The van der Waals surface area contributed by atoms with E-state index in [0.29, 0.717) is 13.2 Å². The molecule has 6 heteroatoms. The van der Waals surface area contributed by atoms with Gasteiger partial charge in [0.1, 0.15) is 0 Å². The van der Waals surface area contributed by atoms with E-state index in [2.05, 4.69) is 14.5 Å². The standard InChI is InChI=1S/C14H20N4O2/c1-17-6-4-15-12(17)13-16-5-7-18(13)10-14(11-19)2-8-20-9-3-14/h4-7,19H,2-3,8-11H2,1H3. The number of hydrogen-bond acceptors (Lipinski definition) is 4. The van der Waals surface area contributed by atoms with Crippen LogP contribution in [0.1, 0.15) is 12.8 Å². The minimum absolute atomic E-state index is 0.112. The van der Waals surface area contributed by atoms with Crippen molar-refractivity contribution in [2.75, 3.05) is 19.8 Å². The molecule has 2 aromatic heterocycles. The molecule has 20 heavy (non-hydrogen) atoms. The summed E-state index contributed by atoms with van der Waals surface area (Å²) in [5.41, 5.74) is -0.112. The van der Waals surface area contributed by atoms with Crippen LogP contribution in [0.4, 0.5) is 0 Å². The van der Waals surface area contributed by atoms with E-state index >= 15 is 0 Å². The predicted octanol–water partition coefficient (Wildman–Crippen LogP) is 1.07. The zero-order valence-electron chi connectivity index (χ0n) is 11.7. The average molecular weight is 276 g/mol. The highest BCUT2D eigenvalue weighted by Gasteiger charge is 2.33. The quantitative estimate of drug-likeness (QED) is 0.907. The molecule has 1 aliphatic heterocycles. The number of nitrogens with zero attached hydrogens (tertiary/aromatic N) is 4. The topological polar surface area (TPSA) is 65.1 Å². The molecule has 0 bridgehead atoms. The Bertz CT molecular complexity index is 569. The van der Waals surface area contributed by atoms with Crippen LogP contribution in [0.2, 0.25) is 0 Å². The molecule has 0 unspecified atom stereocenters. The van der Waals surface area contributed by atoms with Gasteiger partial charge in [-0.3, -0.25) is 0 Å². The lowest BCUT2D eigenvalue weighted by Crippen LogP contribution is -2.37. The fourth-order valence-electron chi connectivity index (χ4n) is 2.76. The Kier molecular flexibility index (Phi) is 3.58. The first-order chi connectivity index (χ1) is 9.74. The van der Waals surface area contributed by atoms with E-state index in [9.17, 15) is 5.11 Å². The molecule has 0 aromatic carbocycles. The van der Waals surface area contributed by atoms with Gasteiger partial charge in [-0.25, -0.2) is 9.97 Å². The Morgan fingerprint density at radius 1 is 1.20 bits per heavy atom. The van der Waals surface area contributed by atoms with Crippen LogP contribution < -0.4 is 0 Å². The molecule has 3 heterocycles. The van der Waals surface area contributed by atoms with E-state index in [4.69, 9.17) is 4.74 Å². The fourth-order valence-corrected chi connectivity index (χ4v) is 2.76. The van der Waals surface area contributed by atoms with Gasteiger partial charge in [-0.15, -0.1) is 0 Å². The number of rotatable bonds is 4. The molecule has 0 saturated carbocycles. The van der Waals surface area contributed by atoms with Gasteiger partial charge in [-0.2, -0.15) is 0 Å². The van der Waals surface area contributed by atoms with E-state index < -0.39 is 0 Å².